The molecule has 3 rings (SSSR count). The molecule has 0 aromatic heterocycles. The average molecular weight is 230 g/mol. The van der Waals surface area contributed by atoms with Gasteiger partial charge in [0.25, 0.3) is 0 Å². The second-order valence-electron chi connectivity index (χ2n) is 3.95. The Morgan fingerprint density at radius 1 is 0.938 bits per heavy atom. The fourth-order valence-electron chi connectivity index (χ4n) is 2.07. The molecule has 2 aromatic carbocycles. The van der Waals surface area contributed by atoms with Crippen molar-refractivity contribution >= 4 is 11.8 Å². The fourth-order valence-corrected chi connectivity index (χ4v) is 3.16. The smallest absolute Gasteiger partial charge is 0.127 e. The zero-order valence-corrected chi connectivity index (χ0v) is 9.56. The van der Waals surface area contributed by atoms with Crippen LogP contribution in [0, 0.1) is 5.82 Å². The molecule has 80 valence electrons. The van der Waals surface area contributed by atoms with Crippen molar-refractivity contribution in [2.75, 3.05) is 0 Å². The van der Waals surface area contributed by atoms with E-state index in [0.29, 0.717) is 6.42 Å². The Balaban J connectivity index is 2.13. The van der Waals surface area contributed by atoms with Gasteiger partial charge in [-0.2, -0.15) is 0 Å². The zero-order chi connectivity index (χ0) is 11.0. The Hall–Kier alpha value is -1.28. The zero-order valence-electron chi connectivity index (χ0n) is 8.74. The second kappa shape index (κ2) is 3.95. The molecule has 0 saturated carbocycles. The maximum Gasteiger partial charge on any atom is 0.127 e. The van der Waals surface area contributed by atoms with Gasteiger partial charge in [-0.15, -0.1) is 11.8 Å². The summed E-state index contributed by atoms with van der Waals surface area (Å²) in [6.45, 7) is 0. The normalized spacial score (nSPS) is 13.8. The van der Waals surface area contributed by atoms with Crippen molar-refractivity contribution in [2.24, 2.45) is 0 Å². The van der Waals surface area contributed by atoms with Crippen LogP contribution in [0.2, 0.25) is 0 Å². The van der Waals surface area contributed by atoms with Crippen LogP contribution in [0.15, 0.2) is 47.4 Å². The minimum absolute atomic E-state index is 0.0743. The Kier molecular flexibility index (Phi) is 2.44. The summed E-state index contributed by atoms with van der Waals surface area (Å²) in [7, 11) is 0. The molecule has 1 heterocycles. The van der Waals surface area contributed by atoms with Crippen LogP contribution in [-0.2, 0) is 12.2 Å². The van der Waals surface area contributed by atoms with Crippen molar-refractivity contribution in [3.05, 3.63) is 65.0 Å². The first-order chi connectivity index (χ1) is 7.84. The summed E-state index contributed by atoms with van der Waals surface area (Å²) < 4.78 is 13.7. The van der Waals surface area contributed by atoms with E-state index in [1.54, 1.807) is 23.9 Å². The van der Waals surface area contributed by atoms with Crippen LogP contribution in [0.1, 0.15) is 16.7 Å². The van der Waals surface area contributed by atoms with E-state index < -0.39 is 0 Å². The number of fused-ring (bicyclic) bond motifs is 2. The highest BCUT2D eigenvalue weighted by molar-refractivity contribution is 7.98. The van der Waals surface area contributed by atoms with Gasteiger partial charge in [0.05, 0.1) is 0 Å². The summed E-state index contributed by atoms with van der Waals surface area (Å²) in [6.07, 6.45) is 0.713. The van der Waals surface area contributed by atoms with Crippen molar-refractivity contribution < 1.29 is 4.39 Å². The maximum atomic E-state index is 13.7. The molecule has 1 aliphatic heterocycles. The lowest BCUT2D eigenvalue weighted by molar-refractivity contribution is 0.612. The van der Waals surface area contributed by atoms with Gasteiger partial charge in [0.2, 0.25) is 0 Å². The summed E-state index contributed by atoms with van der Waals surface area (Å²) >= 11 is 1.79. The van der Waals surface area contributed by atoms with E-state index in [1.165, 1.54) is 10.5 Å². The lowest BCUT2D eigenvalue weighted by Gasteiger charge is -2.06. The van der Waals surface area contributed by atoms with Crippen LogP contribution in [-0.4, -0.2) is 0 Å². The van der Waals surface area contributed by atoms with E-state index in [9.17, 15) is 4.39 Å². The molecule has 0 aliphatic carbocycles. The van der Waals surface area contributed by atoms with E-state index in [1.807, 2.05) is 18.2 Å². The molecule has 0 amide bonds. The maximum absolute atomic E-state index is 13.7. The number of halogens is 1. The van der Waals surface area contributed by atoms with Crippen molar-refractivity contribution in [3.63, 3.8) is 0 Å². The summed E-state index contributed by atoms with van der Waals surface area (Å²) in [5, 5.41) is 0. The molecular formula is C14H11FS. The highest BCUT2D eigenvalue weighted by Gasteiger charge is 2.15. The third-order valence-corrected chi connectivity index (χ3v) is 4.10. The molecule has 0 saturated heterocycles. The van der Waals surface area contributed by atoms with E-state index in [-0.39, 0.29) is 5.82 Å². The molecule has 0 spiro atoms. The van der Waals surface area contributed by atoms with E-state index in [4.69, 9.17) is 0 Å². The van der Waals surface area contributed by atoms with Crippen LogP contribution < -0.4 is 0 Å². The predicted molar refractivity (Wildman–Crippen MR) is 65.2 cm³/mol. The first-order valence-electron chi connectivity index (χ1n) is 5.31. The number of thioether (sulfide) groups is 1. The van der Waals surface area contributed by atoms with Crippen LogP contribution in [0.3, 0.4) is 0 Å². The molecule has 16 heavy (non-hydrogen) atoms. The first-order valence-corrected chi connectivity index (χ1v) is 6.30. The number of benzene rings is 2. The minimum Gasteiger partial charge on any atom is -0.207 e. The van der Waals surface area contributed by atoms with E-state index in [2.05, 4.69) is 12.1 Å². The molecule has 0 bridgehead atoms. The first kappa shape index (κ1) is 9.91. The van der Waals surface area contributed by atoms with Crippen LogP contribution in [0.4, 0.5) is 4.39 Å². The van der Waals surface area contributed by atoms with Crippen LogP contribution >= 0.6 is 11.8 Å². The standard InChI is InChI=1S/C14H11FS/c15-13-6-3-5-11-9-16-14-7-2-1-4-10(14)8-12(11)13/h1-7H,8-9H2. The molecule has 0 fully saturated rings. The second-order valence-corrected chi connectivity index (χ2v) is 4.97. The molecule has 0 unspecified atom stereocenters. The van der Waals surface area contributed by atoms with Crippen LogP contribution in [0.25, 0.3) is 0 Å². The predicted octanol–water partition coefficient (Wildman–Crippen LogP) is 4.02. The lowest BCUT2D eigenvalue weighted by atomic mass is 10.0. The Bertz CT molecular complexity index is 534. The summed E-state index contributed by atoms with van der Waals surface area (Å²) in [6, 6.07) is 13.6. The van der Waals surface area contributed by atoms with Gasteiger partial charge >= 0.3 is 0 Å². The largest absolute Gasteiger partial charge is 0.207 e. The lowest BCUT2D eigenvalue weighted by Crippen LogP contribution is -1.96. The minimum atomic E-state index is -0.0743. The molecule has 0 N–H and O–H groups in total. The highest BCUT2D eigenvalue weighted by Crippen LogP contribution is 2.34. The molecule has 1 aliphatic rings. The van der Waals surface area contributed by atoms with Crippen molar-refractivity contribution in [1.29, 1.82) is 0 Å². The van der Waals surface area contributed by atoms with Gasteiger partial charge in [-0.25, -0.2) is 4.39 Å². The van der Waals surface area contributed by atoms with Gasteiger partial charge in [-0.1, -0.05) is 30.3 Å². The molecule has 0 nitrogen and oxygen atoms in total. The Morgan fingerprint density at radius 2 is 1.75 bits per heavy atom. The number of rotatable bonds is 0. The number of hydrogen-bond acceptors (Lipinski definition) is 1. The Labute approximate surface area is 98.5 Å². The summed E-state index contributed by atoms with van der Waals surface area (Å²) in [4.78, 5) is 1.28. The third kappa shape index (κ3) is 1.63. The topological polar surface area (TPSA) is 0 Å². The highest BCUT2D eigenvalue weighted by atomic mass is 32.2. The third-order valence-electron chi connectivity index (χ3n) is 2.94. The van der Waals surface area contributed by atoms with Gasteiger partial charge in [0.15, 0.2) is 0 Å². The molecule has 0 radical (unpaired) electrons. The summed E-state index contributed by atoms with van der Waals surface area (Å²) in [5.74, 6) is 0.791. The van der Waals surface area contributed by atoms with Gasteiger partial charge in [-0.05, 0) is 28.8 Å². The van der Waals surface area contributed by atoms with Gasteiger partial charge in [-0.3, -0.25) is 0 Å². The van der Waals surface area contributed by atoms with Crippen molar-refractivity contribution in [1.82, 2.24) is 0 Å². The van der Waals surface area contributed by atoms with Gasteiger partial charge in [0, 0.05) is 17.1 Å². The number of hydrogen-bond donors (Lipinski definition) is 0. The Morgan fingerprint density at radius 3 is 2.69 bits per heavy atom. The van der Waals surface area contributed by atoms with Gasteiger partial charge in [0.1, 0.15) is 5.82 Å². The fraction of sp³-hybridized carbons (Fsp3) is 0.143. The SMILES string of the molecule is Fc1cccc2c1Cc1ccccc1SC2. The monoisotopic (exact) mass is 230 g/mol. The molecule has 0 atom stereocenters. The van der Waals surface area contributed by atoms with Gasteiger partial charge < -0.3 is 0 Å². The van der Waals surface area contributed by atoms with Crippen LogP contribution in [0.5, 0.6) is 0 Å². The molecule has 2 aromatic rings. The summed E-state index contributed by atoms with van der Waals surface area (Å²) in [5.41, 5.74) is 3.22. The van der Waals surface area contributed by atoms with Crippen molar-refractivity contribution in [3.8, 4) is 0 Å². The average Bonchev–Trinajstić information content (AvgIpc) is 2.50. The van der Waals surface area contributed by atoms with Crippen molar-refractivity contribution in [2.45, 2.75) is 17.1 Å². The van der Waals surface area contributed by atoms with E-state index >= 15 is 0 Å². The molecular weight excluding hydrogens is 219 g/mol. The quantitative estimate of drug-likeness (QED) is 0.658. The van der Waals surface area contributed by atoms with E-state index in [0.717, 1.165) is 16.9 Å². The molecule has 2 heteroatoms.